The van der Waals surface area contributed by atoms with Crippen LogP contribution in [0, 0.1) is 34.0 Å². The number of aliphatic hydroxyl groups is 2. The molecule has 0 saturated heterocycles. The molecule has 0 fully saturated rings. The van der Waals surface area contributed by atoms with Crippen molar-refractivity contribution < 1.29 is 10.2 Å². The zero-order valence-corrected chi connectivity index (χ0v) is 35.4. The van der Waals surface area contributed by atoms with Gasteiger partial charge in [0.2, 0.25) is 0 Å². The Balaban J connectivity index is 1.78. The lowest BCUT2D eigenvalue weighted by Gasteiger charge is -2.25. The molecule has 0 aliphatic rings. The summed E-state index contributed by atoms with van der Waals surface area (Å²) < 4.78 is 0. The van der Waals surface area contributed by atoms with E-state index in [9.17, 15) is 26.0 Å². The first-order valence-corrected chi connectivity index (χ1v) is 21.0. The number of nitrogens with zero attached hydrogens (tertiary/aromatic N) is 6. The van der Waals surface area contributed by atoms with E-state index in [1.54, 1.807) is 12.2 Å². The molecular weight excluding hydrogens is 729 g/mol. The molecule has 0 amide bonds. The van der Waals surface area contributed by atoms with E-state index < -0.39 is 0 Å². The average Bonchev–Trinajstić information content (AvgIpc) is 3.26. The fourth-order valence-electron chi connectivity index (χ4n) is 7.07. The normalized spacial score (nSPS) is 11.2. The fourth-order valence-corrected chi connectivity index (χ4v) is 7.07. The lowest BCUT2D eigenvalue weighted by Crippen LogP contribution is -2.25. The van der Waals surface area contributed by atoms with Crippen LogP contribution in [-0.4, -0.2) is 63.7 Å². The predicted molar refractivity (Wildman–Crippen MR) is 248 cm³/mol. The van der Waals surface area contributed by atoms with Gasteiger partial charge in [-0.05, 0) is 65.9 Å². The highest BCUT2D eigenvalue weighted by Crippen LogP contribution is 2.33. The van der Waals surface area contributed by atoms with Crippen LogP contribution in [0.15, 0.2) is 72.8 Å². The molecule has 0 bridgehead atoms. The van der Waals surface area contributed by atoms with Gasteiger partial charge >= 0.3 is 0 Å². The Morgan fingerprint density at radius 3 is 1.05 bits per heavy atom. The van der Waals surface area contributed by atoms with Crippen molar-refractivity contribution in [1.29, 1.82) is 15.8 Å². The van der Waals surface area contributed by atoms with Gasteiger partial charge in [0.25, 0.3) is 0 Å². The van der Waals surface area contributed by atoms with Crippen molar-refractivity contribution in [3.8, 4) is 18.2 Å². The van der Waals surface area contributed by atoms with E-state index in [4.69, 9.17) is 0 Å². The van der Waals surface area contributed by atoms with Crippen molar-refractivity contribution in [1.82, 2.24) is 0 Å². The summed E-state index contributed by atoms with van der Waals surface area (Å²) >= 11 is 0. The molecule has 8 nitrogen and oxygen atoms in total. The van der Waals surface area contributed by atoms with Crippen LogP contribution < -0.4 is 14.7 Å². The quantitative estimate of drug-likeness (QED) is 0.0563. The Hall–Kier alpha value is -6.11. The molecule has 4 rings (SSSR count). The van der Waals surface area contributed by atoms with Crippen LogP contribution in [0.25, 0.3) is 36.5 Å². The molecule has 0 atom stereocenters. The van der Waals surface area contributed by atoms with Gasteiger partial charge in [-0.3, -0.25) is 0 Å². The van der Waals surface area contributed by atoms with Crippen molar-refractivity contribution in [3.05, 3.63) is 123 Å². The number of hydrogen-bond acceptors (Lipinski definition) is 8. The molecular formula is C51H60N6O2. The van der Waals surface area contributed by atoms with Crippen LogP contribution in [0.3, 0.4) is 0 Å². The lowest BCUT2D eigenvalue weighted by molar-refractivity contribution is 0.304. The molecule has 0 spiro atoms. The second-order valence-electron chi connectivity index (χ2n) is 14.9. The molecule has 0 aliphatic heterocycles. The van der Waals surface area contributed by atoms with Crippen LogP contribution in [0.5, 0.6) is 0 Å². The van der Waals surface area contributed by atoms with Gasteiger partial charge in [-0.25, -0.2) is 0 Å². The zero-order valence-electron chi connectivity index (χ0n) is 35.4. The van der Waals surface area contributed by atoms with E-state index in [-0.39, 0.29) is 29.9 Å². The summed E-state index contributed by atoms with van der Waals surface area (Å²) in [6.45, 7) is 7.66. The van der Waals surface area contributed by atoms with Gasteiger partial charge in [0.15, 0.2) is 0 Å². The number of benzene rings is 4. The van der Waals surface area contributed by atoms with Crippen LogP contribution in [0.4, 0.5) is 17.1 Å². The van der Waals surface area contributed by atoms with Crippen LogP contribution in [0.1, 0.15) is 115 Å². The van der Waals surface area contributed by atoms with E-state index in [2.05, 4.69) is 61.2 Å². The second-order valence-corrected chi connectivity index (χ2v) is 14.9. The SMILES string of the molecule is CCCCCCN(CCCCCC)c1ccc(/C=C/c2c(C#N)c(/C=C/c3ccc(N(C)CCO)cc3)c(C#N)c(/C=C/c3ccc(N(C)CCO)cc3)c2C#N)cc1. The topological polar surface area (TPSA) is 122 Å². The standard InChI is InChI=1S/C51H60N6O2/c1-5-7-9-11-31-57(32-12-10-8-6-2)45-26-17-42(18-27-45)21-30-48-50(38-53)46(28-19-40-13-22-43(23-14-40)55(3)33-35-58)49(37-52)47(51(48)39-54)29-20-41-15-24-44(25-16-41)56(4)34-36-59/h13-30,58-59H,5-12,31-36H2,1-4H3/b28-19+,29-20+,30-21+. The van der Waals surface area contributed by atoms with Crippen molar-refractivity contribution >= 4 is 53.5 Å². The highest BCUT2D eigenvalue weighted by molar-refractivity contribution is 5.90. The smallest absolute Gasteiger partial charge is 0.100 e. The molecule has 306 valence electrons. The third kappa shape index (κ3) is 13.2. The maximum Gasteiger partial charge on any atom is 0.100 e. The van der Waals surface area contributed by atoms with Crippen molar-refractivity contribution in [2.75, 3.05) is 68.2 Å². The number of rotatable bonds is 23. The first kappa shape index (κ1) is 45.6. The van der Waals surface area contributed by atoms with E-state index in [0.29, 0.717) is 29.8 Å². The minimum atomic E-state index is 0.0495. The summed E-state index contributed by atoms with van der Waals surface area (Å²) in [5.41, 5.74) is 7.86. The van der Waals surface area contributed by atoms with Crippen LogP contribution >= 0.6 is 0 Å². The van der Waals surface area contributed by atoms with E-state index in [0.717, 1.165) is 41.2 Å². The molecule has 0 heterocycles. The minimum absolute atomic E-state index is 0.0495. The molecule has 4 aromatic rings. The maximum atomic E-state index is 10.7. The van der Waals surface area contributed by atoms with E-state index in [1.807, 2.05) is 96.7 Å². The molecule has 8 heteroatoms. The van der Waals surface area contributed by atoms with Gasteiger partial charge < -0.3 is 24.9 Å². The Bertz CT molecular complexity index is 2020. The van der Waals surface area contributed by atoms with E-state index >= 15 is 0 Å². The Labute approximate surface area is 352 Å². The minimum Gasteiger partial charge on any atom is -0.395 e. The Morgan fingerprint density at radius 1 is 0.441 bits per heavy atom. The van der Waals surface area contributed by atoms with E-state index in [1.165, 1.54) is 57.1 Å². The molecule has 0 unspecified atom stereocenters. The lowest BCUT2D eigenvalue weighted by atomic mass is 9.86. The highest BCUT2D eigenvalue weighted by Gasteiger charge is 2.21. The summed E-state index contributed by atoms with van der Waals surface area (Å²) in [5.74, 6) is 0. The summed E-state index contributed by atoms with van der Waals surface area (Å²) in [7, 11) is 3.83. The first-order chi connectivity index (χ1) is 28.8. The highest BCUT2D eigenvalue weighted by atomic mass is 16.3. The number of anilines is 3. The molecule has 4 aromatic carbocycles. The third-order valence-electron chi connectivity index (χ3n) is 10.6. The van der Waals surface area contributed by atoms with Gasteiger partial charge in [0.1, 0.15) is 18.2 Å². The number of nitriles is 3. The number of hydrogen-bond donors (Lipinski definition) is 2. The first-order valence-electron chi connectivity index (χ1n) is 21.0. The Morgan fingerprint density at radius 2 is 0.763 bits per heavy atom. The van der Waals surface area contributed by atoms with Crippen molar-refractivity contribution in [2.24, 2.45) is 0 Å². The van der Waals surface area contributed by atoms with Gasteiger partial charge in [-0.2, -0.15) is 15.8 Å². The molecule has 2 N–H and O–H groups in total. The molecule has 59 heavy (non-hydrogen) atoms. The summed E-state index contributed by atoms with van der Waals surface area (Å²) in [5, 5.41) is 50.8. The van der Waals surface area contributed by atoms with Crippen LogP contribution in [0.2, 0.25) is 0 Å². The van der Waals surface area contributed by atoms with Gasteiger partial charge in [-0.1, -0.05) is 125 Å². The third-order valence-corrected chi connectivity index (χ3v) is 10.6. The average molecular weight is 789 g/mol. The van der Waals surface area contributed by atoms with Crippen molar-refractivity contribution in [2.45, 2.75) is 65.2 Å². The van der Waals surface area contributed by atoms with Crippen LogP contribution in [-0.2, 0) is 0 Å². The summed E-state index contributed by atoms with van der Waals surface area (Å²) in [4.78, 5) is 6.42. The predicted octanol–water partition coefficient (Wildman–Crippen LogP) is 10.6. The molecule has 0 radical (unpaired) electrons. The number of unbranched alkanes of at least 4 members (excludes halogenated alkanes) is 6. The zero-order chi connectivity index (χ0) is 42.4. The Kier molecular flexibility index (Phi) is 19.0. The summed E-state index contributed by atoms with van der Waals surface area (Å²) in [6, 6.07) is 31.2. The fraction of sp³-hybridized carbons (Fsp3) is 0.353. The van der Waals surface area contributed by atoms with Gasteiger partial charge in [-0.15, -0.1) is 0 Å². The maximum absolute atomic E-state index is 10.7. The summed E-state index contributed by atoms with van der Waals surface area (Å²) in [6.07, 6.45) is 20.8. The van der Waals surface area contributed by atoms with Crippen molar-refractivity contribution in [3.63, 3.8) is 0 Å². The molecule has 0 aromatic heterocycles. The molecule has 0 saturated carbocycles. The number of aliphatic hydroxyl groups excluding tert-OH is 2. The number of likely N-dealkylation sites (N-methyl/N-ethyl adjacent to an activating group) is 2. The monoisotopic (exact) mass is 788 g/mol. The van der Waals surface area contributed by atoms with Gasteiger partial charge in [0, 0.05) is 74.0 Å². The molecule has 0 aliphatic carbocycles. The van der Waals surface area contributed by atoms with Gasteiger partial charge in [0.05, 0.1) is 29.9 Å². The second kappa shape index (κ2) is 24.6. The largest absolute Gasteiger partial charge is 0.395 e.